The van der Waals surface area contributed by atoms with E-state index < -0.39 is 17.7 Å². The Morgan fingerprint density at radius 2 is 1.85 bits per heavy atom. The van der Waals surface area contributed by atoms with Gasteiger partial charge in [0, 0.05) is 12.5 Å². The highest BCUT2D eigenvalue weighted by Crippen LogP contribution is 2.10. The molecule has 0 unspecified atom stereocenters. The molecule has 1 heterocycles. The number of carbonyl (C=O) groups is 3. The van der Waals surface area contributed by atoms with Crippen LogP contribution in [-0.4, -0.2) is 62.3 Å². The van der Waals surface area contributed by atoms with E-state index in [1.165, 1.54) is 0 Å². The summed E-state index contributed by atoms with van der Waals surface area (Å²) in [6, 6.07) is 0. The zero-order chi connectivity index (χ0) is 14.8. The number of nitrogens with one attached hydrogen (secondary N) is 3. The largest absolute Gasteiger partial charge is 0.394 e. The second-order valence-corrected chi connectivity index (χ2v) is 4.43. The van der Waals surface area contributed by atoms with Crippen molar-refractivity contribution in [1.82, 2.24) is 16.0 Å². The zero-order valence-corrected chi connectivity index (χ0v) is 11.3. The van der Waals surface area contributed by atoms with Crippen LogP contribution >= 0.6 is 0 Å². The van der Waals surface area contributed by atoms with Gasteiger partial charge in [-0.2, -0.15) is 0 Å². The van der Waals surface area contributed by atoms with Crippen LogP contribution in [0.3, 0.4) is 0 Å². The third-order valence-electron chi connectivity index (χ3n) is 2.92. The molecule has 4 N–H and O–H groups in total. The fraction of sp³-hybridized carbons (Fsp3) is 0.750. The van der Waals surface area contributed by atoms with Gasteiger partial charge in [0.05, 0.1) is 19.8 Å². The Morgan fingerprint density at radius 3 is 2.50 bits per heavy atom. The highest BCUT2D eigenvalue weighted by Gasteiger charge is 2.24. The summed E-state index contributed by atoms with van der Waals surface area (Å²) in [5.41, 5.74) is 0. The molecule has 0 aromatic heterocycles. The number of aliphatic hydroxyl groups is 1. The minimum atomic E-state index is -0.948. The lowest BCUT2D eigenvalue weighted by atomic mass is 9.97. The van der Waals surface area contributed by atoms with Crippen LogP contribution in [0.1, 0.15) is 12.8 Å². The van der Waals surface area contributed by atoms with Crippen molar-refractivity contribution in [2.45, 2.75) is 12.8 Å². The summed E-state index contributed by atoms with van der Waals surface area (Å²) >= 11 is 0. The van der Waals surface area contributed by atoms with E-state index in [1.54, 1.807) is 0 Å². The Morgan fingerprint density at radius 1 is 1.15 bits per heavy atom. The average Bonchev–Trinajstić information content (AvgIpc) is 2.47. The lowest BCUT2D eigenvalue weighted by molar-refractivity contribution is -0.143. The second kappa shape index (κ2) is 9.40. The fourth-order valence-electron chi connectivity index (χ4n) is 1.84. The van der Waals surface area contributed by atoms with Crippen LogP contribution in [0.25, 0.3) is 0 Å². The minimum Gasteiger partial charge on any atom is -0.394 e. The van der Waals surface area contributed by atoms with Crippen molar-refractivity contribution in [3.8, 4) is 0 Å². The summed E-state index contributed by atoms with van der Waals surface area (Å²) in [6.07, 6.45) is 1.32. The molecule has 1 aliphatic heterocycles. The lowest BCUT2D eigenvalue weighted by Gasteiger charge is -2.21. The van der Waals surface area contributed by atoms with E-state index in [0.717, 1.165) is 13.1 Å². The molecule has 0 saturated carbocycles. The van der Waals surface area contributed by atoms with Crippen molar-refractivity contribution >= 4 is 17.7 Å². The summed E-state index contributed by atoms with van der Waals surface area (Å²) in [7, 11) is 0. The Hall–Kier alpha value is -1.51. The molecule has 0 aromatic rings. The molecule has 0 bridgehead atoms. The average molecular weight is 287 g/mol. The predicted molar refractivity (Wildman–Crippen MR) is 69.7 cm³/mol. The number of rotatable bonds is 6. The molecule has 8 nitrogen and oxygen atoms in total. The number of imide groups is 1. The van der Waals surface area contributed by atoms with Crippen molar-refractivity contribution in [3.63, 3.8) is 0 Å². The van der Waals surface area contributed by atoms with Gasteiger partial charge < -0.3 is 20.5 Å². The van der Waals surface area contributed by atoms with E-state index in [4.69, 9.17) is 9.84 Å². The van der Waals surface area contributed by atoms with Crippen LogP contribution < -0.4 is 16.0 Å². The van der Waals surface area contributed by atoms with Crippen molar-refractivity contribution in [3.05, 3.63) is 0 Å². The molecule has 1 aliphatic rings. The van der Waals surface area contributed by atoms with Gasteiger partial charge in [-0.1, -0.05) is 0 Å². The highest BCUT2D eigenvalue weighted by atomic mass is 16.5. The highest BCUT2D eigenvalue weighted by molar-refractivity contribution is 6.37. The van der Waals surface area contributed by atoms with Gasteiger partial charge in [0.25, 0.3) is 0 Å². The summed E-state index contributed by atoms with van der Waals surface area (Å²) in [6.45, 7) is 1.90. The monoisotopic (exact) mass is 287 g/mol. The van der Waals surface area contributed by atoms with Crippen LogP contribution in [-0.2, 0) is 19.1 Å². The number of hydrogen-bond donors (Lipinski definition) is 4. The second-order valence-electron chi connectivity index (χ2n) is 4.43. The van der Waals surface area contributed by atoms with Gasteiger partial charge in [-0.15, -0.1) is 0 Å². The van der Waals surface area contributed by atoms with E-state index >= 15 is 0 Å². The summed E-state index contributed by atoms with van der Waals surface area (Å²) in [5, 5.41) is 16.0. The summed E-state index contributed by atoms with van der Waals surface area (Å²) < 4.78 is 4.92. The van der Waals surface area contributed by atoms with E-state index in [9.17, 15) is 14.4 Å². The maximum atomic E-state index is 11.7. The maximum Gasteiger partial charge on any atom is 0.315 e. The molecular formula is C12H21N3O5. The molecular weight excluding hydrogens is 266 g/mol. The molecule has 1 saturated heterocycles. The first-order valence-electron chi connectivity index (χ1n) is 6.67. The van der Waals surface area contributed by atoms with Crippen LogP contribution in [0.4, 0.5) is 0 Å². The minimum absolute atomic E-state index is 0.0980. The molecule has 3 amide bonds. The maximum absolute atomic E-state index is 11.7. The number of amides is 3. The van der Waals surface area contributed by atoms with Crippen molar-refractivity contribution in [2.75, 3.05) is 39.5 Å². The van der Waals surface area contributed by atoms with Gasteiger partial charge in [0.15, 0.2) is 0 Å². The molecule has 0 spiro atoms. The third kappa shape index (κ3) is 6.09. The fourth-order valence-corrected chi connectivity index (χ4v) is 1.84. The van der Waals surface area contributed by atoms with E-state index in [1.807, 2.05) is 0 Å². The number of piperidine rings is 1. The van der Waals surface area contributed by atoms with E-state index in [2.05, 4.69) is 16.0 Å². The Labute approximate surface area is 117 Å². The summed E-state index contributed by atoms with van der Waals surface area (Å²) in [4.78, 5) is 34.6. The lowest BCUT2D eigenvalue weighted by Crippen LogP contribution is -2.47. The Balaban J connectivity index is 2.20. The normalized spacial score (nSPS) is 15.7. The van der Waals surface area contributed by atoms with E-state index in [-0.39, 0.29) is 32.3 Å². The van der Waals surface area contributed by atoms with Crippen molar-refractivity contribution < 1.29 is 24.2 Å². The number of ether oxygens (including phenoxy) is 1. The molecule has 1 rings (SSSR count). The first kappa shape index (κ1) is 16.5. The Kier molecular flexibility index (Phi) is 7.78. The molecule has 0 radical (unpaired) electrons. The smallest absolute Gasteiger partial charge is 0.315 e. The molecule has 0 aromatic carbocycles. The SMILES string of the molecule is O=C(NCCOCCO)C(=O)NC(=O)C1CCNCC1. The van der Waals surface area contributed by atoms with Gasteiger partial charge in [-0.3, -0.25) is 19.7 Å². The van der Waals surface area contributed by atoms with Gasteiger partial charge in [-0.05, 0) is 25.9 Å². The summed E-state index contributed by atoms with van der Waals surface area (Å²) in [5.74, 6) is -2.43. The number of hydrogen-bond acceptors (Lipinski definition) is 6. The standard InChI is InChI=1S/C12H21N3O5/c16-6-8-20-7-5-14-11(18)12(19)15-10(17)9-1-3-13-4-2-9/h9,13,16H,1-8H2,(H,14,18)(H,15,17,19). The van der Waals surface area contributed by atoms with Crippen LogP contribution in [0, 0.1) is 5.92 Å². The van der Waals surface area contributed by atoms with Crippen LogP contribution in [0.5, 0.6) is 0 Å². The van der Waals surface area contributed by atoms with Gasteiger partial charge in [0.2, 0.25) is 5.91 Å². The van der Waals surface area contributed by atoms with Crippen molar-refractivity contribution in [1.29, 1.82) is 0 Å². The number of carbonyl (C=O) groups excluding carboxylic acids is 3. The van der Waals surface area contributed by atoms with E-state index in [0.29, 0.717) is 12.8 Å². The van der Waals surface area contributed by atoms with Crippen molar-refractivity contribution in [2.24, 2.45) is 5.92 Å². The molecule has 1 fully saturated rings. The quantitative estimate of drug-likeness (QED) is 0.324. The van der Waals surface area contributed by atoms with Gasteiger partial charge >= 0.3 is 11.8 Å². The first-order valence-corrected chi connectivity index (χ1v) is 6.67. The Bertz CT molecular complexity index is 342. The van der Waals surface area contributed by atoms with Crippen LogP contribution in [0.15, 0.2) is 0 Å². The molecule has 0 atom stereocenters. The van der Waals surface area contributed by atoms with Crippen LogP contribution in [0.2, 0.25) is 0 Å². The molecule has 20 heavy (non-hydrogen) atoms. The number of aliphatic hydroxyl groups excluding tert-OH is 1. The molecule has 8 heteroatoms. The topological polar surface area (TPSA) is 117 Å². The van der Waals surface area contributed by atoms with Gasteiger partial charge in [-0.25, -0.2) is 0 Å². The zero-order valence-electron chi connectivity index (χ0n) is 11.3. The predicted octanol–water partition coefficient (Wildman–Crippen LogP) is -2.25. The first-order chi connectivity index (χ1) is 9.65. The third-order valence-corrected chi connectivity index (χ3v) is 2.92. The molecule has 114 valence electrons. The molecule has 0 aliphatic carbocycles. The van der Waals surface area contributed by atoms with Gasteiger partial charge in [0.1, 0.15) is 0 Å².